The van der Waals surface area contributed by atoms with Gasteiger partial charge in [-0.05, 0) is 25.7 Å². The van der Waals surface area contributed by atoms with Gasteiger partial charge in [-0.1, -0.05) is 233 Å². The van der Waals surface area contributed by atoms with Gasteiger partial charge in [0.15, 0.2) is 12.2 Å². The van der Waals surface area contributed by atoms with E-state index in [0.717, 1.165) is 116 Å². The molecule has 0 aromatic carbocycles. The van der Waals surface area contributed by atoms with Crippen LogP contribution in [0.5, 0.6) is 0 Å². The van der Waals surface area contributed by atoms with Crippen LogP contribution in [0, 0.1) is 0 Å². The number of aliphatic hydroxyl groups excluding tert-OH is 1. The van der Waals surface area contributed by atoms with Crippen LogP contribution in [0.3, 0.4) is 0 Å². The van der Waals surface area contributed by atoms with Crippen molar-refractivity contribution in [3.63, 3.8) is 0 Å². The Morgan fingerprint density at radius 3 is 0.776 bits per heavy atom. The number of hydrogen-bond acceptors (Lipinski definition) is 15. The maximum atomic E-state index is 12.9. The number of hydrogen-bond donors (Lipinski definition) is 3. The van der Waals surface area contributed by atoms with E-state index >= 15 is 0 Å². The van der Waals surface area contributed by atoms with E-state index in [1.807, 2.05) is 0 Å². The minimum Gasteiger partial charge on any atom is -0.462 e. The largest absolute Gasteiger partial charge is 0.472 e. The van der Waals surface area contributed by atoms with Gasteiger partial charge in [-0.15, -0.1) is 0 Å². The summed E-state index contributed by atoms with van der Waals surface area (Å²) in [6, 6.07) is 0. The predicted octanol–water partition coefficient (Wildman–Crippen LogP) is 15.2. The van der Waals surface area contributed by atoms with Crippen molar-refractivity contribution >= 4 is 39.5 Å². The molecule has 0 rings (SSSR count). The fourth-order valence-electron chi connectivity index (χ4n) is 8.40. The molecule has 0 saturated heterocycles. The fourth-order valence-corrected chi connectivity index (χ4v) is 9.98. The summed E-state index contributed by atoms with van der Waals surface area (Å²) in [4.78, 5) is 71.6. The molecule has 5 atom stereocenters. The maximum absolute atomic E-state index is 12.9. The summed E-state index contributed by atoms with van der Waals surface area (Å²) in [6.07, 6.45) is 35.0. The molecule has 0 fully saturated rings. The smallest absolute Gasteiger partial charge is 0.462 e. The van der Waals surface area contributed by atoms with Crippen LogP contribution in [0.25, 0.3) is 0 Å². The lowest BCUT2D eigenvalue weighted by Gasteiger charge is -2.21. The zero-order valence-electron chi connectivity index (χ0n) is 48.2. The van der Waals surface area contributed by atoms with Crippen LogP contribution in [0.2, 0.25) is 0 Å². The number of phosphoric acid groups is 2. The summed E-state index contributed by atoms with van der Waals surface area (Å²) in [6.45, 7) is 4.75. The van der Waals surface area contributed by atoms with E-state index in [2.05, 4.69) is 27.7 Å². The molecule has 0 spiro atoms. The fraction of sp³-hybridized carbons (Fsp3) is 0.930. The molecule has 17 nitrogen and oxygen atoms in total. The van der Waals surface area contributed by atoms with Gasteiger partial charge in [0.05, 0.1) is 26.4 Å². The molecule has 450 valence electrons. The second kappa shape index (κ2) is 52.4. The van der Waals surface area contributed by atoms with E-state index in [9.17, 15) is 43.2 Å². The number of aliphatic hydroxyl groups is 1. The molecule has 2 unspecified atom stereocenters. The number of esters is 4. The van der Waals surface area contributed by atoms with Crippen molar-refractivity contribution in [1.82, 2.24) is 0 Å². The third-order valence-corrected chi connectivity index (χ3v) is 15.0. The van der Waals surface area contributed by atoms with Crippen molar-refractivity contribution in [2.75, 3.05) is 39.6 Å². The Balaban J connectivity index is 5.19. The number of rotatable bonds is 58. The first kappa shape index (κ1) is 74.1. The second-order valence-corrected chi connectivity index (χ2v) is 23.6. The van der Waals surface area contributed by atoms with Gasteiger partial charge in [-0.2, -0.15) is 0 Å². The Bertz CT molecular complexity index is 1490. The van der Waals surface area contributed by atoms with Crippen LogP contribution in [0.1, 0.15) is 285 Å². The van der Waals surface area contributed by atoms with Gasteiger partial charge < -0.3 is 33.8 Å². The molecule has 19 heteroatoms. The minimum atomic E-state index is -4.93. The van der Waals surface area contributed by atoms with Crippen molar-refractivity contribution in [2.45, 2.75) is 303 Å². The van der Waals surface area contributed by atoms with Gasteiger partial charge in [-0.3, -0.25) is 37.3 Å². The number of carbonyl (C=O) groups excluding carboxylic acids is 4. The van der Waals surface area contributed by atoms with Crippen LogP contribution < -0.4 is 0 Å². The minimum absolute atomic E-state index is 0.104. The highest BCUT2D eigenvalue weighted by atomic mass is 31.2. The quantitative estimate of drug-likeness (QED) is 0.0222. The maximum Gasteiger partial charge on any atom is 0.472 e. The molecule has 0 radical (unpaired) electrons. The summed E-state index contributed by atoms with van der Waals surface area (Å²) in [5.74, 6) is -2.15. The highest BCUT2D eigenvalue weighted by Crippen LogP contribution is 2.45. The summed E-state index contributed by atoms with van der Waals surface area (Å²) in [7, 11) is -9.86. The number of carbonyl (C=O) groups is 4. The highest BCUT2D eigenvalue weighted by Gasteiger charge is 2.30. The first-order chi connectivity index (χ1) is 36.7. The Kier molecular flexibility index (Phi) is 51.1. The average molecular weight is 1130 g/mol. The molecule has 0 aliphatic rings. The van der Waals surface area contributed by atoms with Crippen LogP contribution in [0.15, 0.2) is 0 Å². The number of phosphoric ester groups is 2. The van der Waals surface area contributed by atoms with Crippen molar-refractivity contribution in [3.05, 3.63) is 0 Å². The van der Waals surface area contributed by atoms with E-state index in [-0.39, 0.29) is 25.7 Å². The van der Waals surface area contributed by atoms with Gasteiger partial charge in [0.2, 0.25) is 0 Å². The summed E-state index contributed by atoms with van der Waals surface area (Å²) in [5.41, 5.74) is 0. The Morgan fingerprint density at radius 1 is 0.316 bits per heavy atom. The zero-order valence-corrected chi connectivity index (χ0v) is 50.0. The van der Waals surface area contributed by atoms with Crippen LogP contribution in [-0.4, -0.2) is 96.7 Å². The van der Waals surface area contributed by atoms with Crippen LogP contribution in [0.4, 0.5) is 0 Å². The first-order valence-corrected chi connectivity index (χ1v) is 33.3. The summed E-state index contributed by atoms with van der Waals surface area (Å²) >= 11 is 0. The predicted molar refractivity (Wildman–Crippen MR) is 299 cm³/mol. The van der Waals surface area contributed by atoms with E-state index < -0.39 is 97.5 Å². The molecule has 0 heterocycles. The first-order valence-electron chi connectivity index (χ1n) is 30.3. The van der Waals surface area contributed by atoms with Crippen molar-refractivity contribution in [1.29, 1.82) is 0 Å². The van der Waals surface area contributed by atoms with Crippen LogP contribution >= 0.6 is 15.6 Å². The van der Waals surface area contributed by atoms with E-state index in [0.29, 0.717) is 25.7 Å². The molecule has 0 aliphatic carbocycles. The van der Waals surface area contributed by atoms with Gasteiger partial charge >= 0.3 is 39.5 Å². The third kappa shape index (κ3) is 51.5. The van der Waals surface area contributed by atoms with Gasteiger partial charge in [0.1, 0.15) is 19.3 Å². The molecule has 76 heavy (non-hydrogen) atoms. The van der Waals surface area contributed by atoms with Gasteiger partial charge in [0, 0.05) is 25.7 Å². The lowest BCUT2D eigenvalue weighted by atomic mass is 10.1. The zero-order chi connectivity index (χ0) is 56.2. The topological polar surface area (TPSA) is 237 Å². The van der Waals surface area contributed by atoms with Crippen molar-refractivity contribution < 1.29 is 80.2 Å². The standard InChI is InChI=1S/C57H110O17P2/c1-5-9-13-17-21-23-25-27-31-34-38-42-55(60)68-48-53(74-57(62)44-40-36-32-28-26-24-22-18-14-10-6-2)50-72-76(65,66)70-46-51(58)45-69-75(63,64)71-49-52(73-56(61)43-39-35-30-20-16-12-8-4)47-67-54(59)41-37-33-29-19-15-11-7-3/h51-53,58H,5-50H2,1-4H3,(H,63,64)(H,65,66)/t51-,52+,53+/m0/s1. The van der Waals surface area contributed by atoms with Gasteiger partial charge in [-0.25, -0.2) is 9.13 Å². The monoisotopic (exact) mass is 1130 g/mol. The van der Waals surface area contributed by atoms with Crippen LogP contribution in [-0.2, 0) is 65.4 Å². The van der Waals surface area contributed by atoms with E-state index in [4.69, 9.17) is 37.0 Å². The molecule has 0 aromatic heterocycles. The average Bonchev–Trinajstić information content (AvgIpc) is 3.39. The molecular formula is C57H110O17P2. The molecular weight excluding hydrogens is 1020 g/mol. The Hall–Kier alpha value is -1.94. The van der Waals surface area contributed by atoms with Gasteiger partial charge in [0.25, 0.3) is 0 Å². The SMILES string of the molecule is CCCCCCCCCCCCCC(=O)OC[C@H](COP(=O)(O)OC[C@@H](O)COP(=O)(O)OC[C@@H](COC(=O)CCCCCCCCC)OC(=O)CCCCCCCCC)OC(=O)CCCCCCCCCCCCC. The van der Waals surface area contributed by atoms with E-state index in [1.54, 1.807) is 0 Å². The van der Waals surface area contributed by atoms with E-state index in [1.165, 1.54) is 89.9 Å². The third-order valence-electron chi connectivity index (χ3n) is 13.1. The second-order valence-electron chi connectivity index (χ2n) is 20.7. The number of ether oxygens (including phenoxy) is 4. The molecule has 0 aromatic rings. The lowest BCUT2D eigenvalue weighted by molar-refractivity contribution is -0.161. The van der Waals surface area contributed by atoms with Crippen molar-refractivity contribution in [3.8, 4) is 0 Å². The normalized spacial score (nSPS) is 14.4. The Morgan fingerprint density at radius 2 is 0.526 bits per heavy atom. The summed E-state index contributed by atoms with van der Waals surface area (Å²) < 4.78 is 67.5. The molecule has 0 aliphatic heterocycles. The summed E-state index contributed by atoms with van der Waals surface area (Å²) in [5, 5.41) is 10.5. The Labute approximate surface area is 460 Å². The molecule has 0 bridgehead atoms. The molecule has 3 N–H and O–H groups in total. The lowest BCUT2D eigenvalue weighted by Crippen LogP contribution is -2.30. The number of unbranched alkanes of at least 4 members (excludes halogenated alkanes) is 32. The molecule has 0 amide bonds. The van der Waals surface area contributed by atoms with Crippen molar-refractivity contribution in [2.24, 2.45) is 0 Å². The molecule has 0 saturated carbocycles. The highest BCUT2D eigenvalue weighted by molar-refractivity contribution is 7.47.